The summed E-state index contributed by atoms with van der Waals surface area (Å²) in [6.45, 7) is 21.2. The van der Waals surface area contributed by atoms with E-state index in [2.05, 4.69) is 39.3 Å². The molecule has 0 bridgehead atoms. The molecule has 16 nitrogen and oxygen atoms in total. The quantitative estimate of drug-likeness (QED) is 0.0434. The largest absolute Gasteiger partial charge is 0.497 e. The van der Waals surface area contributed by atoms with Gasteiger partial charge in [0.25, 0.3) is 0 Å². The summed E-state index contributed by atoms with van der Waals surface area (Å²) in [5.41, 5.74) is 2.03. The summed E-state index contributed by atoms with van der Waals surface area (Å²) in [5.74, 6) is -0.648. The van der Waals surface area contributed by atoms with Gasteiger partial charge < -0.3 is 66.7 Å². The normalized spacial score (nSPS) is 20.0. The van der Waals surface area contributed by atoms with Crippen molar-refractivity contribution in [2.24, 2.45) is 0 Å². The summed E-state index contributed by atoms with van der Waals surface area (Å²) >= 11 is 0. The van der Waals surface area contributed by atoms with Crippen LogP contribution in [-0.4, -0.2) is 137 Å². The third kappa shape index (κ3) is 18.7. The van der Waals surface area contributed by atoms with Gasteiger partial charge in [-0.15, -0.1) is 0 Å². The van der Waals surface area contributed by atoms with E-state index in [0.29, 0.717) is 73.0 Å². The van der Waals surface area contributed by atoms with E-state index in [1.54, 1.807) is 45.2 Å². The lowest BCUT2D eigenvalue weighted by atomic mass is 9.98. The second-order valence-electron chi connectivity index (χ2n) is 19.4. The standard InChI is InChI=1S/C24H40O8Si.C24H36O8Si/c2*1-24(2)31-19(21(15-25)32-24)10-8-9-17-13-18(28-4)14-20(30-16-27-3)22(17)23(26)29-11-12-33(5,6)7/h13-14,19,21,25H,8-12,15-16H2,1-7H3;8-9,13-15,19,21H,10-12,16H2,1-7H3/b;9-8+/t19-,21?;19-,21+/m00/s1. The van der Waals surface area contributed by atoms with Gasteiger partial charge in [-0.1, -0.05) is 51.4 Å². The molecular weight excluding hydrogens is 889 g/mol. The van der Waals surface area contributed by atoms with Crippen molar-refractivity contribution in [1.82, 2.24) is 0 Å². The lowest BCUT2D eigenvalue weighted by Gasteiger charge is -2.19. The lowest BCUT2D eigenvalue weighted by Crippen LogP contribution is -2.26. The molecule has 1 unspecified atom stereocenters. The van der Waals surface area contributed by atoms with E-state index in [-0.39, 0.29) is 38.0 Å². The van der Waals surface area contributed by atoms with E-state index in [0.717, 1.165) is 23.9 Å². The number of benzene rings is 2. The Morgan fingerprint density at radius 2 is 1.20 bits per heavy atom. The topological polar surface area (TPSA) is 182 Å². The summed E-state index contributed by atoms with van der Waals surface area (Å²) in [7, 11) is 3.43. The molecule has 0 aromatic heterocycles. The second-order valence-corrected chi connectivity index (χ2v) is 30.7. The Kier molecular flexibility index (Phi) is 22.3. The number of hydrogen-bond donors (Lipinski definition) is 1. The van der Waals surface area contributed by atoms with Crippen LogP contribution < -0.4 is 18.9 Å². The molecule has 2 aliphatic heterocycles. The smallest absolute Gasteiger partial charge is 0.342 e. The van der Waals surface area contributed by atoms with Gasteiger partial charge in [0, 0.05) is 42.5 Å². The Labute approximate surface area is 393 Å². The van der Waals surface area contributed by atoms with E-state index < -0.39 is 51.9 Å². The van der Waals surface area contributed by atoms with Crippen LogP contribution in [0.2, 0.25) is 51.4 Å². The van der Waals surface area contributed by atoms with Crippen LogP contribution in [0.15, 0.2) is 30.3 Å². The predicted octanol–water partition coefficient (Wildman–Crippen LogP) is 8.30. The molecule has 2 fully saturated rings. The van der Waals surface area contributed by atoms with E-state index in [9.17, 15) is 19.5 Å². The Balaban J connectivity index is 0.000000350. The molecule has 0 amide bonds. The average Bonchev–Trinajstić information content (AvgIpc) is 3.72. The summed E-state index contributed by atoms with van der Waals surface area (Å²) in [6, 6.07) is 8.62. The maximum absolute atomic E-state index is 13.1. The summed E-state index contributed by atoms with van der Waals surface area (Å²) in [4.78, 5) is 37.5. The first kappa shape index (κ1) is 56.5. The SMILES string of the molecule is COCOc1cc(OC)cc(/C=C/C[C@@H]2OC(C)(C)O[C@@H]2C=O)c1C(=O)OCC[Si](C)(C)C.COCOc1cc(OC)cc(CCC[C@@H]2OC(C)(C)OC2CO)c1C(=O)OCC[Si](C)(C)C. The molecule has 2 aromatic rings. The zero-order valence-electron chi connectivity index (χ0n) is 41.7. The summed E-state index contributed by atoms with van der Waals surface area (Å²) < 4.78 is 66.6. The molecule has 0 saturated carbocycles. The Hall–Kier alpha value is -3.86. The van der Waals surface area contributed by atoms with Gasteiger partial charge in [-0.05, 0) is 88.7 Å². The average molecular weight is 965 g/mol. The van der Waals surface area contributed by atoms with Crippen LogP contribution in [0.4, 0.5) is 0 Å². The number of methoxy groups -OCH3 is 4. The van der Waals surface area contributed by atoms with Gasteiger partial charge in [0.15, 0.2) is 31.4 Å². The molecule has 66 heavy (non-hydrogen) atoms. The highest BCUT2D eigenvalue weighted by molar-refractivity contribution is 6.76. The molecule has 0 radical (unpaired) electrons. The summed E-state index contributed by atoms with van der Waals surface area (Å²) in [5, 5.41) is 9.62. The van der Waals surface area contributed by atoms with Gasteiger partial charge in [-0.3, -0.25) is 0 Å². The molecule has 4 rings (SSSR count). The fourth-order valence-corrected chi connectivity index (χ4v) is 8.51. The zero-order chi connectivity index (χ0) is 49.3. The minimum Gasteiger partial charge on any atom is -0.497 e. The highest BCUT2D eigenvalue weighted by atomic mass is 28.3. The van der Waals surface area contributed by atoms with Crippen molar-refractivity contribution in [1.29, 1.82) is 0 Å². The number of aldehydes is 1. The molecule has 0 aliphatic carbocycles. The zero-order valence-corrected chi connectivity index (χ0v) is 43.7. The molecule has 2 saturated heterocycles. The van der Waals surface area contributed by atoms with Crippen molar-refractivity contribution in [3.05, 3.63) is 52.6 Å². The van der Waals surface area contributed by atoms with E-state index in [1.807, 2.05) is 26.0 Å². The molecule has 4 atom stereocenters. The van der Waals surface area contributed by atoms with Crippen LogP contribution in [0, 0.1) is 0 Å². The number of carbonyl (C=O) groups excluding carboxylic acids is 3. The number of carbonyl (C=O) groups is 3. The first-order valence-corrected chi connectivity index (χ1v) is 29.8. The molecule has 372 valence electrons. The second kappa shape index (κ2) is 26.0. The van der Waals surface area contributed by atoms with Crippen molar-refractivity contribution in [2.75, 3.05) is 61.8 Å². The highest BCUT2D eigenvalue weighted by Crippen LogP contribution is 2.35. The number of ether oxygens (including phenoxy) is 12. The fraction of sp³-hybridized carbons (Fsp3) is 0.646. The number of hydrogen-bond acceptors (Lipinski definition) is 16. The molecule has 0 spiro atoms. The van der Waals surface area contributed by atoms with Crippen LogP contribution in [0.3, 0.4) is 0 Å². The monoisotopic (exact) mass is 964 g/mol. The molecule has 2 heterocycles. The number of aliphatic hydroxyl groups is 1. The number of aliphatic hydroxyl groups excluding tert-OH is 1. The number of esters is 2. The molecule has 2 aliphatic rings. The molecular formula is C48H76O16Si2. The number of aryl methyl sites for hydroxylation is 1. The van der Waals surface area contributed by atoms with Gasteiger partial charge in [-0.25, -0.2) is 9.59 Å². The fourth-order valence-electron chi connectivity index (χ4n) is 7.08. The molecule has 18 heteroatoms. The third-order valence-electron chi connectivity index (χ3n) is 10.4. The lowest BCUT2D eigenvalue weighted by molar-refractivity contribution is -0.150. The van der Waals surface area contributed by atoms with Crippen LogP contribution in [0.25, 0.3) is 6.08 Å². The van der Waals surface area contributed by atoms with Crippen molar-refractivity contribution in [3.63, 3.8) is 0 Å². The highest BCUT2D eigenvalue weighted by Gasteiger charge is 2.41. The predicted molar refractivity (Wildman–Crippen MR) is 255 cm³/mol. The maximum atomic E-state index is 13.1. The first-order valence-electron chi connectivity index (χ1n) is 22.4. The van der Waals surface area contributed by atoms with Crippen LogP contribution in [0.5, 0.6) is 23.0 Å². The van der Waals surface area contributed by atoms with Gasteiger partial charge in [-0.2, -0.15) is 0 Å². The van der Waals surface area contributed by atoms with E-state index >= 15 is 0 Å². The van der Waals surface area contributed by atoms with Gasteiger partial charge >= 0.3 is 11.9 Å². The van der Waals surface area contributed by atoms with E-state index in [4.69, 9.17) is 56.8 Å². The molecule has 2 aromatic carbocycles. The van der Waals surface area contributed by atoms with Gasteiger partial charge in [0.05, 0.1) is 46.2 Å². The third-order valence-corrected chi connectivity index (χ3v) is 13.8. The van der Waals surface area contributed by atoms with Crippen molar-refractivity contribution < 1.29 is 76.3 Å². The van der Waals surface area contributed by atoms with Gasteiger partial charge in [0.1, 0.15) is 46.3 Å². The van der Waals surface area contributed by atoms with E-state index in [1.165, 1.54) is 21.3 Å². The Morgan fingerprint density at radius 3 is 1.71 bits per heavy atom. The van der Waals surface area contributed by atoms with Crippen LogP contribution in [0.1, 0.15) is 78.8 Å². The minimum atomic E-state index is -1.36. The van der Waals surface area contributed by atoms with Crippen molar-refractivity contribution >= 4 is 40.4 Å². The van der Waals surface area contributed by atoms with Gasteiger partial charge in [0.2, 0.25) is 0 Å². The van der Waals surface area contributed by atoms with Crippen molar-refractivity contribution in [3.8, 4) is 23.0 Å². The minimum absolute atomic E-state index is 0.00229. The summed E-state index contributed by atoms with van der Waals surface area (Å²) in [6.07, 6.45) is 5.09. The molecule has 1 N–H and O–H groups in total. The maximum Gasteiger partial charge on any atom is 0.342 e. The van der Waals surface area contributed by atoms with Crippen molar-refractivity contribution in [2.45, 2.75) is 141 Å². The Morgan fingerprint density at radius 1 is 0.697 bits per heavy atom. The van der Waals surface area contributed by atoms with Crippen LogP contribution >= 0.6 is 0 Å². The Bertz CT molecular complexity index is 1890. The van der Waals surface area contributed by atoms with Crippen LogP contribution in [-0.2, 0) is 49.1 Å². The first-order chi connectivity index (χ1) is 31.0. The number of rotatable bonds is 25.